The maximum Gasteiger partial charge on any atom is 0.252 e. The molecule has 1 atom stereocenters. The first-order chi connectivity index (χ1) is 47.5. The highest BCUT2D eigenvalue weighted by molar-refractivity contribution is 6.02. The van der Waals surface area contributed by atoms with Gasteiger partial charge in [0.15, 0.2) is 23.1 Å². The Morgan fingerprint density at radius 2 is 0.560 bits per heavy atom. The lowest BCUT2D eigenvalue weighted by Gasteiger charge is -2.12. The molecule has 0 aliphatic heterocycles. The van der Waals surface area contributed by atoms with Crippen LogP contribution in [0.25, 0.3) is 0 Å². The molecule has 29 nitrogen and oxygen atoms in total. The van der Waals surface area contributed by atoms with Crippen molar-refractivity contribution in [2.45, 2.75) is 67.7 Å². The van der Waals surface area contributed by atoms with Crippen molar-refractivity contribution < 1.29 is 67.1 Å². The second kappa shape index (κ2) is 55.6. The molecule has 0 spiro atoms. The monoisotopic (exact) mass is 1390 g/mol. The number of rotatable bonds is 31. The van der Waals surface area contributed by atoms with E-state index in [0.29, 0.717) is 115 Å². The molecule has 0 saturated carbocycles. The van der Waals surface area contributed by atoms with Crippen LogP contribution in [0.3, 0.4) is 0 Å². The smallest absolute Gasteiger partial charge is 0.252 e. The highest BCUT2D eigenvalue weighted by Crippen LogP contribution is 2.10. The van der Waals surface area contributed by atoms with E-state index in [4.69, 9.17) is 0 Å². The van der Waals surface area contributed by atoms with Gasteiger partial charge in [0.05, 0.1) is 52.9 Å². The Morgan fingerprint density at radius 3 is 0.820 bits per heavy atom. The van der Waals surface area contributed by atoms with E-state index < -0.39 is 0 Å². The molecule has 546 valence electrons. The standard InChI is InChI=1S/C14H20N2O2.C12H16N2O2.C11H15N3O2.2C11H14N2O2.2C6H12N2O2/c1-10(8-15-3)9-16-14(18)13-6-4-12(5-7-13)11(2)17;1-3-11(15)9-5-4-6-10(7-9)12(16)14-8-13-2;1-12-7-14-11(16)9-5-3-8(4-6-9)10(15)13-2;2*1-8(14)9-3-5-10(6-4-9)11(15)13-7-12-2;2*1-5(9)3-6(10)8-4-7-2/h4-7,10,15H,8-9H2,1-3H3,(H,16,18);4-7,13H,3,8H2,1-2H3,(H,14,16);3-6,12H,7H2,1-2H3,(H,13,15)(H,14,16);2*3-6,12H,7H2,1-2H3,(H,13,15);2*7H,3-4H2,1-2H3,(H,8,10). The van der Waals surface area contributed by atoms with Crippen molar-refractivity contribution in [1.29, 1.82) is 0 Å². The fourth-order valence-electron chi connectivity index (χ4n) is 7.35. The summed E-state index contributed by atoms with van der Waals surface area (Å²) < 4.78 is 0. The Labute approximate surface area is 586 Å². The Hall–Kier alpha value is -10.4. The summed E-state index contributed by atoms with van der Waals surface area (Å²) in [6.45, 7) is 15.1. The van der Waals surface area contributed by atoms with Crippen molar-refractivity contribution in [3.8, 4) is 0 Å². The zero-order valence-corrected chi connectivity index (χ0v) is 60.1. The van der Waals surface area contributed by atoms with Crippen LogP contribution in [-0.2, 0) is 19.2 Å². The third-order valence-electron chi connectivity index (χ3n) is 12.7. The number of carbonyl (C=O) groups excluding carboxylic acids is 14. The summed E-state index contributed by atoms with van der Waals surface area (Å²) >= 11 is 0. The molecule has 0 aromatic heterocycles. The van der Waals surface area contributed by atoms with Crippen molar-refractivity contribution >= 4 is 82.0 Å². The molecule has 29 heteroatoms. The Balaban J connectivity index is 0. The van der Waals surface area contributed by atoms with E-state index in [9.17, 15) is 67.1 Å². The number of hydrogen-bond acceptors (Lipinski definition) is 21. The lowest BCUT2D eigenvalue weighted by Crippen LogP contribution is -2.32. The normalized spacial score (nSPS) is 9.99. The SMILES string of the molecule is CCC(=O)c1cccc(C(=O)NCNC)c1.CNCC(C)CNC(=O)c1ccc(C(C)=O)cc1.CNCNC(=O)CC(C)=O.CNCNC(=O)CC(C)=O.CNCNC(=O)c1ccc(C(=O)NC)cc1.CNCNC(=O)c1ccc(C(C)=O)cc1.CNCNC(=O)c1ccc(C(C)=O)cc1. The average molecular weight is 1390 g/mol. The van der Waals surface area contributed by atoms with Crippen LogP contribution >= 0.6 is 0 Å². The largest absolute Gasteiger partial charge is 0.355 e. The first-order valence-corrected chi connectivity index (χ1v) is 31.8. The van der Waals surface area contributed by atoms with Crippen LogP contribution in [0.5, 0.6) is 0 Å². The molecule has 1 unspecified atom stereocenters. The van der Waals surface area contributed by atoms with E-state index >= 15 is 0 Å². The summed E-state index contributed by atoms with van der Waals surface area (Å²) in [5.41, 5.74) is 5.68. The Kier molecular flexibility index (Phi) is 50.9. The van der Waals surface area contributed by atoms with Crippen LogP contribution in [-0.4, -0.2) is 191 Å². The topological polar surface area (TPSA) is 419 Å². The van der Waals surface area contributed by atoms with Gasteiger partial charge >= 0.3 is 0 Å². The minimum absolute atomic E-state index is 0.00261. The fraction of sp³-hybridized carbons (Fsp3) is 0.380. The summed E-state index contributed by atoms with van der Waals surface area (Å²) in [7, 11) is 13.9. The van der Waals surface area contributed by atoms with E-state index in [1.807, 2.05) is 7.05 Å². The molecular formula is C71H103N15O14. The minimum atomic E-state index is -0.234. The molecule has 0 radical (unpaired) electrons. The van der Waals surface area contributed by atoms with Crippen LogP contribution in [0, 0.1) is 5.92 Å². The second-order valence-electron chi connectivity index (χ2n) is 21.5. The zero-order chi connectivity index (χ0) is 76.0. The third kappa shape index (κ3) is 43.0. The third-order valence-corrected chi connectivity index (χ3v) is 12.7. The van der Waals surface area contributed by atoms with Gasteiger partial charge in [-0.25, -0.2) is 0 Å². The van der Waals surface area contributed by atoms with Crippen molar-refractivity contribution in [3.05, 3.63) is 177 Å². The Morgan fingerprint density at radius 1 is 0.300 bits per heavy atom. The molecule has 0 heterocycles. The molecule has 5 rings (SSSR count). The summed E-state index contributed by atoms with van der Waals surface area (Å²) in [5, 5.41) is 40.8. The van der Waals surface area contributed by atoms with Gasteiger partial charge in [0.2, 0.25) is 11.8 Å². The average Bonchev–Trinajstić information content (AvgIpc) is 0.914. The first kappa shape index (κ1) is 91.7. The van der Waals surface area contributed by atoms with Gasteiger partial charge in [-0.2, -0.15) is 0 Å². The van der Waals surface area contributed by atoms with Crippen molar-refractivity contribution in [2.24, 2.45) is 5.92 Å². The van der Waals surface area contributed by atoms with Gasteiger partial charge in [-0.3, -0.25) is 67.1 Å². The lowest BCUT2D eigenvalue weighted by molar-refractivity contribution is -0.128. The quantitative estimate of drug-likeness (QED) is 0.0172. The minimum Gasteiger partial charge on any atom is -0.355 e. The van der Waals surface area contributed by atoms with E-state index in [1.54, 1.807) is 178 Å². The van der Waals surface area contributed by atoms with Gasteiger partial charge in [0, 0.05) is 75.6 Å². The van der Waals surface area contributed by atoms with Gasteiger partial charge in [0.25, 0.3) is 35.4 Å². The number of hydrogen-bond donors (Lipinski definition) is 15. The molecular weight excluding hydrogens is 1290 g/mol. The number of ketones is 6. The van der Waals surface area contributed by atoms with Crippen molar-refractivity contribution in [2.75, 3.05) is 109 Å². The summed E-state index contributed by atoms with van der Waals surface area (Å²) in [4.78, 5) is 156. The van der Waals surface area contributed by atoms with E-state index in [2.05, 4.69) is 86.7 Å². The van der Waals surface area contributed by atoms with Gasteiger partial charge in [-0.1, -0.05) is 62.4 Å². The Bertz CT molecular complexity index is 3260. The lowest BCUT2D eigenvalue weighted by atomic mass is 10.1. The van der Waals surface area contributed by atoms with Crippen molar-refractivity contribution in [3.63, 3.8) is 0 Å². The van der Waals surface area contributed by atoms with Crippen LogP contribution in [0.15, 0.2) is 121 Å². The highest BCUT2D eigenvalue weighted by atomic mass is 16.2. The summed E-state index contributed by atoms with van der Waals surface area (Å²) in [5.74, 6) is -1.20. The maximum absolute atomic E-state index is 11.8. The zero-order valence-electron chi connectivity index (χ0n) is 60.1. The van der Waals surface area contributed by atoms with Gasteiger partial charge < -0.3 is 79.8 Å². The number of nitrogens with one attached hydrogen (secondary N) is 15. The van der Waals surface area contributed by atoms with E-state index in [1.165, 1.54) is 34.6 Å². The van der Waals surface area contributed by atoms with E-state index in [0.717, 1.165) is 6.54 Å². The molecule has 100 heavy (non-hydrogen) atoms. The van der Waals surface area contributed by atoms with Crippen LogP contribution in [0.1, 0.15) is 171 Å². The molecule has 0 saturated heterocycles. The molecule has 0 fully saturated rings. The number of benzene rings is 5. The molecule has 5 aromatic carbocycles. The van der Waals surface area contributed by atoms with Crippen molar-refractivity contribution in [1.82, 2.24) is 79.8 Å². The predicted molar refractivity (Wildman–Crippen MR) is 386 cm³/mol. The predicted octanol–water partition coefficient (Wildman–Crippen LogP) is 2.72. The second-order valence-corrected chi connectivity index (χ2v) is 21.5. The van der Waals surface area contributed by atoms with Gasteiger partial charge in [0.1, 0.15) is 11.6 Å². The van der Waals surface area contributed by atoms with Crippen LogP contribution in [0.4, 0.5) is 0 Å². The molecule has 0 bridgehead atoms. The van der Waals surface area contributed by atoms with E-state index in [-0.39, 0.29) is 94.8 Å². The summed E-state index contributed by atoms with van der Waals surface area (Å²) in [6.07, 6.45) is 0.394. The highest BCUT2D eigenvalue weighted by Gasteiger charge is 2.13. The number of amides is 8. The van der Waals surface area contributed by atoms with Crippen LogP contribution < -0.4 is 79.8 Å². The fourth-order valence-corrected chi connectivity index (χ4v) is 7.35. The molecule has 0 aliphatic carbocycles. The van der Waals surface area contributed by atoms with Gasteiger partial charge in [-0.15, -0.1) is 0 Å². The molecule has 0 aliphatic rings. The molecule has 5 aromatic rings. The summed E-state index contributed by atoms with van der Waals surface area (Å²) in [6, 6.07) is 33.1. The number of carbonyl (C=O) groups is 14. The molecule has 8 amide bonds. The van der Waals surface area contributed by atoms with Gasteiger partial charge in [-0.05, 0) is 169 Å². The maximum atomic E-state index is 11.8. The first-order valence-electron chi connectivity index (χ1n) is 31.8. The number of Topliss-reactive ketones (excluding diaryl/α,β-unsaturated/α-hetero) is 6. The van der Waals surface area contributed by atoms with Crippen LogP contribution in [0.2, 0.25) is 0 Å². The molecule has 15 N–H and O–H groups in total.